The summed E-state index contributed by atoms with van der Waals surface area (Å²) >= 11 is 1.75. The molecule has 2 rings (SSSR count). The van der Waals surface area contributed by atoms with Crippen LogP contribution in [0.4, 0.5) is 5.69 Å². The van der Waals surface area contributed by atoms with E-state index in [9.17, 15) is 4.79 Å². The molecule has 1 aliphatic rings. The first-order valence-electron chi connectivity index (χ1n) is 4.35. The van der Waals surface area contributed by atoms with Crippen LogP contribution in [0.5, 0.6) is 0 Å². The van der Waals surface area contributed by atoms with E-state index in [1.165, 1.54) is 12.0 Å². The van der Waals surface area contributed by atoms with E-state index in [0.717, 1.165) is 11.6 Å². The van der Waals surface area contributed by atoms with Gasteiger partial charge in [0.2, 0.25) is 0 Å². The lowest BCUT2D eigenvalue weighted by molar-refractivity contribution is -0.138. The van der Waals surface area contributed by atoms with Gasteiger partial charge in [-0.1, -0.05) is 12.1 Å². The zero-order valence-corrected chi connectivity index (χ0v) is 8.71. The van der Waals surface area contributed by atoms with E-state index in [4.69, 9.17) is 0 Å². The molecule has 0 fully saturated rings. The Bertz CT molecular complexity index is 354. The van der Waals surface area contributed by atoms with Crippen molar-refractivity contribution < 1.29 is 9.53 Å². The van der Waals surface area contributed by atoms with Crippen LogP contribution in [0.15, 0.2) is 29.2 Å². The fourth-order valence-corrected chi connectivity index (χ4v) is 2.45. The van der Waals surface area contributed by atoms with Crippen molar-refractivity contribution in [2.45, 2.75) is 4.90 Å². The summed E-state index contributed by atoms with van der Waals surface area (Å²) in [5.41, 5.74) is 1.13. The monoisotopic (exact) mass is 209 g/mol. The molecule has 0 amide bonds. The normalized spacial score (nSPS) is 13.9. The summed E-state index contributed by atoms with van der Waals surface area (Å²) in [5.74, 6) is 0.636. The van der Waals surface area contributed by atoms with Gasteiger partial charge in [0.15, 0.2) is 0 Å². The minimum Gasteiger partial charge on any atom is -0.468 e. The molecule has 4 heteroatoms. The van der Waals surface area contributed by atoms with E-state index in [1.54, 1.807) is 11.8 Å². The number of hydrogen-bond acceptors (Lipinski definition) is 4. The molecule has 0 unspecified atom stereocenters. The van der Waals surface area contributed by atoms with E-state index >= 15 is 0 Å². The summed E-state index contributed by atoms with van der Waals surface area (Å²) in [4.78, 5) is 14.4. The Hall–Kier alpha value is -1.16. The lowest BCUT2D eigenvalue weighted by Crippen LogP contribution is -2.27. The van der Waals surface area contributed by atoms with E-state index < -0.39 is 0 Å². The number of ether oxygens (including phenoxy) is 1. The van der Waals surface area contributed by atoms with Crippen LogP contribution in [0.1, 0.15) is 0 Å². The van der Waals surface area contributed by atoms with Crippen molar-refractivity contribution in [2.24, 2.45) is 0 Å². The molecule has 0 saturated heterocycles. The number of anilines is 1. The highest BCUT2D eigenvalue weighted by molar-refractivity contribution is 7.99. The van der Waals surface area contributed by atoms with Crippen molar-refractivity contribution in [1.29, 1.82) is 0 Å². The Morgan fingerprint density at radius 3 is 3.14 bits per heavy atom. The zero-order valence-electron chi connectivity index (χ0n) is 7.90. The second-order valence-electron chi connectivity index (χ2n) is 3.02. The number of rotatable bonds is 2. The van der Waals surface area contributed by atoms with Gasteiger partial charge in [-0.15, -0.1) is 11.8 Å². The molecule has 1 aromatic carbocycles. The first-order chi connectivity index (χ1) is 6.81. The zero-order chi connectivity index (χ0) is 9.97. The maximum absolute atomic E-state index is 11.1. The van der Waals surface area contributed by atoms with Crippen LogP contribution in [-0.2, 0) is 9.53 Å². The fraction of sp³-hybridized carbons (Fsp3) is 0.300. The Morgan fingerprint density at radius 1 is 1.57 bits per heavy atom. The predicted octanol–water partition coefficient (Wildman–Crippen LogP) is 1.73. The number of carbonyl (C=O) groups is 1. The lowest BCUT2D eigenvalue weighted by atomic mass is 10.3. The molecular weight excluding hydrogens is 198 g/mol. The van der Waals surface area contributed by atoms with Crippen molar-refractivity contribution in [2.75, 3.05) is 24.4 Å². The molecule has 0 radical (unpaired) electrons. The number of thioether (sulfide) groups is 1. The summed E-state index contributed by atoms with van der Waals surface area (Å²) in [5, 5.41) is 0. The van der Waals surface area contributed by atoms with Gasteiger partial charge in [-0.25, -0.2) is 0 Å². The average molecular weight is 209 g/mol. The molecular formula is C10H11NO2S. The molecule has 3 nitrogen and oxygen atoms in total. The smallest absolute Gasteiger partial charge is 0.325 e. The number of benzene rings is 1. The van der Waals surface area contributed by atoms with Crippen molar-refractivity contribution in [3.63, 3.8) is 0 Å². The standard InChI is InChI=1S/C10H11NO2S/c1-13-10(12)6-11-7-14-9-5-3-2-4-8(9)11/h2-5H,6-7H2,1H3. The molecule has 0 saturated carbocycles. The van der Waals surface area contributed by atoms with Crippen molar-refractivity contribution >= 4 is 23.4 Å². The van der Waals surface area contributed by atoms with Crippen LogP contribution in [0.3, 0.4) is 0 Å². The number of nitrogens with zero attached hydrogens (tertiary/aromatic N) is 1. The summed E-state index contributed by atoms with van der Waals surface area (Å²) in [7, 11) is 1.41. The van der Waals surface area contributed by atoms with Crippen molar-refractivity contribution in [1.82, 2.24) is 0 Å². The third kappa shape index (κ3) is 1.70. The maximum atomic E-state index is 11.1. The van der Waals surface area contributed by atoms with E-state index in [0.29, 0.717) is 6.54 Å². The van der Waals surface area contributed by atoms with E-state index in [1.807, 2.05) is 23.1 Å². The van der Waals surface area contributed by atoms with Crippen LogP contribution in [0, 0.1) is 0 Å². The Kier molecular flexibility index (Phi) is 2.63. The maximum Gasteiger partial charge on any atom is 0.325 e. The minimum absolute atomic E-state index is 0.192. The number of methoxy groups -OCH3 is 1. The summed E-state index contributed by atoms with van der Waals surface area (Å²) in [6.07, 6.45) is 0. The van der Waals surface area contributed by atoms with Crippen LogP contribution >= 0.6 is 11.8 Å². The number of fused-ring (bicyclic) bond motifs is 1. The van der Waals surface area contributed by atoms with Crippen molar-refractivity contribution in [3.05, 3.63) is 24.3 Å². The van der Waals surface area contributed by atoms with Gasteiger partial charge in [0.05, 0.1) is 18.7 Å². The van der Waals surface area contributed by atoms with Gasteiger partial charge in [-0.05, 0) is 12.1 Å². The Balaban J connectivity index is 2.14. The molecule has 0 atom stereocenters. The summed E-state index contributed by atoms with van der Waals surface area (Å²) in [6.45, 7) is 0.334. The summed E-state index contributed by atoms with van der Waals surface area (Å²) in [6, 6.07) is 8.08. The number of carbonyl (C=O) groups excluding carboxylic acids is 1. The number of para-hydroxylation sites is 1. The Labute approximate surface area is 87.0 Å². The van der Waals surface area contributed by atoms with Crippen LogP contribution in [0.2, 0.25) is 0 Å². The first-order valence-corrected chi connectivity index (χ1v) is 5.33. The third-order valence-corrected chi connectivity index (χ3v) is 3.23. The molecule has 1 heterocycles. The van der Waals surface area contributed by atoms with Gasteiger partial charge in [0, 0.05) is 4.90 Å². The molecule has 0 aliphatic carbocycles. The Morgan fingerprint density at radius 2 is 2.36 bits per heavy atom. The average Bonchev–Trinajstić information content (AvgIpc) is 2.62. The third-order valence-electron chi connectivity index (χ3n) is 2.13. The molecule has 14 heavy (non-hydrogen) atoms. The highest BCUT2D eigenvalue weighted by Crippen LogP contribution is 2.37. The van der Waals surface area contributed by atoms with Gasteiger partial charge in [0.1, 0.15) is 6.54 Å². The lowest BCUT2D eigenvalue weighted by Gasteiger charge is -2.16. The van der Waals surface area contributed by atoms with Gasteiger partial charge in [-0.3, -0.25) is 4.79 Å². The minimum atomic E-state index is -0.192. The quantitative estimate of drug-likeness (QED) is 0.694. The number of hydrogen-bond donors (Lipinski definition) is 0. The second kappa shape index (κ2) is 3.92. The van der Waals surface area contributed by atoms with E-state index in [2.05, 4.69) is 10.8 Å². The van der Waals surface area contributed by atoms with Gasteiger partial charge < -0.3 is 9.64 Å². The van der Waals surface area contributed by atoms with Crippen LogP contribution in [0.25, 0.3) is 0 Å². The van der Waals surface area contributed by atoms with Crippen LogP contribution in [-0.4, -0.2) is 25.5 Å². The topological polar surface area (TPSA) is 29.5 Å². The largest absolute Gasteiger partial charge is 0.468 e. The highest BCUT2D eigenvalue weighted by Gasteiger charge is 2.20. The van der Waals surface area contributed by atoms with Gasteiger partial charge in [-0.2, -0.15) is 0 Å². The molecule has 0 N–H and O–H groups in total. The molecule has 0 spiro atoms. The van der Waals surface area contributed by atoms with Crippen molar-refractivity contribution in [3.8, 4) is 0 Å². The molecule has 1 aliphatic heterocycles. The van der Waals surface area contributed by atoms with E-state index in [-0.39, 0.29) is 5.97 Å². The fourth-order valence-electron chi connectivity index (χ4n) is 1.41. The molecule has 74 valence electrons. The molecule has 0 bridgehead atoms. The second-order valence-corrected chi connectivity index (χ2v) is 4.00. The highest BCUT2D eigenvalue weighted by atomic mass is 32.2. The molecule has 0 aromatic heterocycles. The SMILES string of the molecule is COC(=O)CN1CSc2ccccc21. The van der Waals surface area contributed by atoms with Crippen LogP contribution < -0.4 is 4.90 Å². The van der Waals surface area contributed by atoms with Gasteiger partial charge >= 0.3 is 5.97 Å². The molecule has 1 aromatic rings. The first kappa shape index (κ1) is 9.40. The number of esters is 1. The van der Waals surface area contributed by atoms with Gasteiger partial charge in [0.25, 0.3) is 0 Å². The summed E-state index contributed by atoms with van der Waals surface area (Å²) < 4.78 is 4.64. The predicted molar refractivity (Wildman–Crippen MR) is 56.5 cm³/mol.